The zero-order valence-corrected chi connectivity index (χ0v) is 41.1. The highest BCUT2D eigenvalue weighted by Gasteiger charge is 2.38. The standard InChI is InChI=1S/C46H38Cl4N4O6S4/c1-25-30(16-17-33(49)41(25)53-34(24-39(51-53)45(2,3)55)37-20-18-35(61-37)26-10-7-12-28(22-26)63(5,57)58)46(4,56)44-40(50)43(54(52-44)42-31(47)14-9-15-32(42)48)38-21-19-36(62-38)27-11-8-13-29(23-27)64(6,59)60/h7-24,55-56H,1-6H3. The molecule has 8 aromatic rings. The molecule has 0 amide bonds. The fourth-order valence-corrected chi connectivity index (χ4v) is 12.1. The van der Waals surface area contributed by atoms with Gasteiger partial charge in [-0.3, -0.25) is 0 Å². The zero-order chi connectivity index (χ0) is 46.3. The second kappa shape index (κ2) is 16.8. The molecular formula is C46H38Cl4N4O6S4. The molecule has 0 spiro atoms. The number of nitrogens with zero attached hydrogens (tertiary/aromatic N) is 4. The molecule has 0 aliphatic heterocycles. The van der Waals surface area contributed by atoms with Gasteiger partial charge in [0, 0.05) is 22.3 Å². The number of aliphatic hydroxyl groups is 2. The third kappa shape index (κ3) is 8.61. The highest BCUT2D eigenvalue weighted by Crippen LogP contribution is 2.47. The van der Waals surface area contributed by atoms with E-state index in [-0.39, 0.29) is 30.6 Å². The van der Waals surface area contributed by atoms with Crippen molar-refractivity contribution in [2.24, 2.45) is 0 Å². The van der Waals surface area contributed by atoms with Crippen LogP contribution in [0.2, 0.25) is 20.1 Å². The van der Waals surface area contributed by atoms with E-state index >= 15 is 0 Å². The first-order chi connectivity index (χ1) is 29.9. The van der Waals surface area contributed by atoms with Crippen molar-refractivity contribution in [3.05, 3.63) is 152 Å². The molecule has 0 saturated carbocycles. The number of rotatable bonds is 11. The van der Waals surface area contributed by atoms with Gasteiger partial charge in [0.15, 0.2) is 19.7 Å². The summed E-state index contributed by atoms with van der Waals surface area (Å²) in [6, 6.07) is 31.0. The Morgan fingerprint density at radius 1 is 0.594 bits per heavy atom. The summed E-state index contributed by atoms with van der Waals surface area (Å²) in [6.07, 6.45) is 2.32. The van der Waals surface area contributed by atoms with Gasteiger partial charge in [-0.05, 0) is 123 Å². The number of para-hydroxylation sites is 1. The summed E-state index contributed by atoms with van der Waals surface area (Å²) >= 11 is 30.8. The summed E-state index contributed by atoms with van der Waals surface area (Å²) in [7, 11) is -6.92. The molecule has 4 heterocycles. The Labute approximate surface area is 398 Å². The minimum absolute atomic E-state index is 0.0719. The van der Waals surface area contributed by atoms with E-state index in [4.69, 9.17) is 56.6 Å². The summed E-state index contributed by atoms with van der Waals surface area (Å²) in [5, 5.41) is 34.8. The van der Waals surface area contributed by atoms with Crippen molar-refractivity contribution < 1.29 is 27.0 Å². The lowest BCUT2D eigenvalue weighted by Crippen LogP contribution is -2.26. The molecule has 0 aliphatic rings. The third-order valence-corrected chi connectivity index (χ3v) is 16.5. The molecule has 18 heteroatoms. The molecule has 2 N–H and O–H groups in total. The van der Waals surface area contributed by atoms with Gasteiger partial charge in [0.25, 0.3) is 0 Å². The van der Waals surface area contributed by atoms with Gasteiger partial charge >= 0.3 is 0 Å². The Morgan fingerprint density at radius 2 is 1.09 bits per heavy atom. The zero-order valence-electron chi connectivity index (χ0n) is 34.9. The number of thiophene rings is 2. The molecule has 4 aromatic heterocycles. The molecule has 1 unspecified atom stereocenters. The Kier molecular flexibility index (Phi) is 12.2. The smallest absolute Gasteiger partial charge is 0.175 e. The molecule has 0 fully saturated rings. The lowest BCUT2D eigenvalue weighted by Gasteiger charge is -2.26. The molecule has 0 radical (unpaired) electrons. The predicted octanol–water partition coefficient (Wildman–Crippen LogP) is 12.1. The second-order valence-corrected chi connectivity index (χ2v) is 23.7. The highest BCUT2D eigenvalue weighted by molar-refractivity contribution is 7.91. The van der Waals surface area contributed by atoms with E-state index in [9.17, 15) is 27.0 Å². The van der Waals surface area contributed by atoms with E-state index in [0.29, 0.717) is 60.6 Å². The first-order valence-corrected chi connectivity index (χ1v) is 26.3. The topological polar surface area (TPSA) is 144 Å². The van der Waals surface area contributed by atoms with Gasteiger partial charge in [-0.15, -0.1) is 22.7 Å². The number of benzene rings is 4. The van der Waals surface area contributed by atoms with Gasteiger partial charge in [-0.2, -0.15) is 10.2 Å². The Bertz CT molecular complexity index is 3360. The van der Waals surface area contributed by atoms with Crippen molar-refractivity contribution in [1.29, 1.82) is 0 Å². The molecule has 4 aromatic carbocycles. The highest BCUT2D eigenvalue weighted by atomic mass is 35.5. The van der Waals surface area contributed by atoms with E-state index < -0.39 is 30.9 Å². The van der Waals surface area contributed by atoms with Gasteiger partial charge in [0.05, 0.1) is 56.7 Å². The largest absolute Gasteiger partial charge is 0.384 e. The maximum absolute atomic E-state index is 12.8. The lowest BCUT2D eigenvalue weighted by atomic mass is 9.88. The quantitative estimate of drug-likeness (QED) is 0.130. The minimum Gasteiger partial charge on any atom is -0.384 e. The fourth-order valence-electron chi connectivity index (χ4n) is 7.39. The van der Waals surface area contributed by atoms with Gasteiger partial charge in [-0.25, -0.2) is 26.2 Å². The molecular weight excluding hydrogens is 975 g/mol. The SMILES string of the molecule is Cc1c(C(C)(O)c2nn(-c3c(Cl)cccc3Cl)c(-c3ccc(-c4cccc(S(C)(=O)=O)c4)s3)c2Cl)ccc(Cl)c1-n1nc(C(C)(C)O)cc1-c1ccc(-c2cccc(S(C)(=O)=O)c2)s1. The van der Waals surface area contributed by atoms with Crippen LogP contribution in [0.3, 0.4) is 0 Å². The van der Waals surface area contributed by atoms with E-state index in [0.717, 1.165) is 20.9 Å². The van der Waals surface area contributed by atoms with Gasteiger partial charge in [0.1, 0.15) is 28.3 Å². The van der Waals surface area contributed by atoms with E-state index in [1.165, 1.54) is 33.6 Å². The average Bonchev–Trinajstić information content (AvgIpc) is 4.04. The van der Waals surface area contributed by atoms with Crippen LogP contribution >= 0.6 is 69.1 Å². The first kappa shape index (κ1) is 46.2. The van der Waals surface area contributed by atoms with Crippen molar-refractivity contribution in [3.63, 3.8) is 0 Å². The first-order valence-electron chi connectivity index (χ1n) is 19.3. The summed E-state index contributed by atoms with van der Waals surface area (Å²) in [5.41, 5.74) is 1.19. The van der Waals surface area contributed by atoms with Gasteiger partial charge < -0.3 is 10.2 Å². The summed E-state index contributed by atoms with van der Waals surface area (Å²) in [5.74, 6) is 0. The van der Waals surface area contributed by atoms with Crippen LogP contribution in [0.25, 0.3) is 53.4 Å². The van der Waals surface area contributed by atoms with Crippen molar-refractivity contribution >= 4 is 88.8 Å². The summed E-state index contributed by atoms with van der Waals surface area (Å²) in [4.78, 5) is 3.31. The predicted molar refractivity (Wildman–Crippen MR) is 260 cm³/mol. The van der Waals surface area contributed by atoms with Crippen LogP contribution in [-0.2, 0) is 30.9 Å². The second-order valence-electron chi connectivity index (χ2n) is 15.9. The van der Waals surface area contributed by atoms with Crippen LogP contribution in [0.5, 0.6) is 0 Å². The fraction of sp³-hybridized carbons (Fsp3) is 0.174. The minimum atomic E-state index is -3.47. The number of sulfone groups is 2. The molecule has 0 saturated heterocycles. The summed E-state index contributed by atoms with van der Waals surface area (Å²) in [6.45, 7) is 6.62. The lowest BCUT2D eigenvalue weighted by molar-refractivity contribution is 0.0734. The van der Waals surface area contributed by atoms with Crippen molar-refractivity contribution in [2.45, 2.75) is 48.7 Å². The van der Waals surface area contributed by atoms with Crippen LogP contribution in [-0.4, -0.2) is 59.1 Å². The normalized spacial score (nSPS) is 13.4. The van der Waals surface area contributed by atoms with Gasteiger partial charge in [-0.1, -0.05) is 82.8 Å². The molecule has 330 valence electrons. The molecule has 0 bridgehead atoms. The Morgan fingerprint density at radius 3 is 1.64 bits per heavy atom. The van der Waals surface area contributed by atoms with Crippen LogP contribution in [0.15, 0.2) is 119 Å². The maximum atomic E-state index is 12.8. The molecule has 64 heavy (non-hydrogen) atoms. The van der Waals surface area contributed by atoms with Gasteiger partial charge in [0.2, 0.25) is 0 Å². The average molecular weight is 1010 g/mol. The molecule has 8 rings (SSSR count). The van der Waals surface area contributed by atoms with E-state index in [1.807, 2.05) is 36.4 Å². The van der Waals surface area contributed by atoms with E-state index in [2.05, 4.69) is 0 Å². The van der Waals surface area contributed by atoms with E-state index in [1.54, 1.807) is 105 Å². The number of halogens is 4. The van der Waals surface area contributed by atoms with Crippen LogP contribution in [0.1, 0.15) is 43.3 Å². The third-order valence-electron chi connectivity index (χ3n) is 10.7. The van der Waals surface area contributed by atoms with Crippen LogP contribution in [0, 0.1) is 6.92 Å². The summed E-state index contributed by atoms with van der Waals surface area (Å²) < 4.78 is 52.7. The van der Waals surface area contributed by atoms with Crippen molar-refractivity contribution in [1.82, 2.24) is 19.6 Å². The number of hydrogen-bond donors (Lipinski definition) is 2. The number of aromatic nitrogens is 4. The molecule has 0 aliphatic carbocycles. The van der Waals surface area contributed by atoms with Crippen molar-refractivity contribution in [3.8, 4) is 53.4 Å². The monoisotopic (exact) mass is 1010 g/mol. The number of hydrogen-bond acceptors (Lipinski definition) is 10. The molecule has 10 nitrogen and oxygen atoms in total. The van der Waals surface area contributed by atoms with Crippen LogP contribution < -0.4 is 0 Å². The maximum Gasteiger partial charge on any atom is 0.175 e. The Balaban J connectivity index is 1.28. The molecule has 1 atom stereocenters. The van der Waals surface area contributed by atoms with Crippen molar-refractivity contribution in [2.75, 3.05) is 12.5 Å². The van der Waals surface area contributed by atoms with Crippen LogP contribution in [0.4, 0.5) is 0 Å². The Hall–Kier alpha value is -4.32.